The van der Waals surface area contributed by atoms with E-state index in [-0.39, 0.29) is 18.4 Å². The zero-order valence-electron chi connectivity index (χ0n) is 15.8. The zero-order chi connectivity index (χ0) is 19.4. The summed E-state index contributed by atoms with van der Waals surface area (Å²) in [5, 5.41) is 2.70. The molecule has 1 atom stereocenters. The molecule has 2 aliphatic rings. The quantitative estimate of drug-likeness (QED) is 0.763. The van der Waals surface area contributed by atoms with Crippen LogP contribution in [0.2, 0.25) is 0 Å². The molecule has 1 aliphatic heterocycles. The highest BCUT2D eigenvalue weighted by atomic mass is 16.5. The van der Waals surface area contributed by atoms with Crippen LogP contribution in [-0.4, -0.2) is 62.1 Å². The van der Waals surface area contributed by atoms with Crippen molar-refractivity contribution in [2.75, 3.05) is 33.9 Å². The molecule has 0 unspecified atom stereocenters. The number of benzene rings is 1. The van der Waals surface area contributed by atoms with Gasteiger partial charge in [-0.2, -0.15) is 0 Å². The molecule has 146 valence electrons. The van der Waals surface area contributed by atoms with Crippen molar-refractivity contribution in [1.29, 1.82) is 0 Å². The fourth-order valence-electron chi connectivity index (χ4n) is 4.51. The van der Waals surface area contributed by atoms with Gasteiger partial charge < -0.3 is 19.7 Å². The second kappa shape index (κ2) is 8.08. The van der Waals surface area contributed by atoms with Crippen LogP contribution in [-0.2, 0) is 19.1 Å². The number of rotatable bonds is 6. The van der Waals surface area contributed by atoms with Crippen LogP contribution >= 0.6 is 0 Å². The number of ether oxygens (including phenoxy) is 2. The molecule has 1 aliphatic carbocycles. The van der Waals surface area contributed by atoms with Crippen molar-refractivity contribution in [2.24, 2.45) is 0 Å². The highest BCUT2D eigenvalue weighted by molar-refractivity contribution is 6.02. The van der Waals surface area contributed by atoms with Gasteiger partial charge in [-0.15, -0.1) is 0 Å². The fraction of sp³-hybridized carbons (Fsp3) is 0.550. The first-order valence-corrected chi connectivity index (χ1v) is 9.29. The smallest absolute Gasteiger partial charge is 0.325 e. The third-order valence-corrected chi connectivity index (χ3v) is 5.71. The number of amides is 2. The molecule has 2 amide bonds. The Morgan fingerprint density at radius 3 is 2.59 bits per heavy atom. The highest BCUT2D eigenvalue weighted by Crippen LogP contribution is 2.50. The van der Waals surface area contributed by atoms with Crippen LogP contribution in [0.1, 0.15) is 47.5 Å². The summed E-state index contributed by atoms with van der Waals surface area (Å²) in [7, 11) is 2.89. The van der Waals surface area contributed by atoms with Crippen LogP contribution in [0.3, 0.4) is 0 Å². The molecular weight excluding hydrogens is 348 g/mol. The Morgan fingerprint density at radius 2 is 1.93 bits per heavy atom. The lowest BCUT2D eigenvalue weighted by atomic mass is 9.71. The molecule has 0 bridgehead atoms. The Kier molecular flexibility index (Phi) is 5.79. The zero-order valence-corrected chi connectivity index (χ0v) is 15.8. The number of carbonyl (C=O) groups is 3. The Bertz CT molecular complexity index is 727. The number of carbonyl (C=O) groups excluding carboxylic acids is 3. The van der Waals surface area contributed by atoms with Crippen LogP contribution in [0.4, 0.5) is 0 Å². The van der Waals surface area contributed by atoms with Crippen molar-refractivity contribution in [1.82, 2.24) is 10.2 Å². The van der Waals surface area contributed by atoms with Gasteiger partial charge in [-0.3, -0.25) is 14.4 Å². The lowest BCUT2D eigenvalue weighted by Gasteiger charge is -2.50. The minimum absolute atomic E-state index is 0.0541. The molecule has 0 aromatic heterocycles. The van der Waals surface area contributed by atoms with Crippen LogP contribution in [0.15, 0.2) is 24.3 Å². The van der Waals surface area contributed by atoms with E-state index in [4.69, 9.17) is 4.74 Å². The molecule has 1 N–H and O–H groups in total. The molecule has 1 aromatic rings. The summed E-state index contributed by atoms with van der Waals surface area (Å²) in [6.07, 6.45) is 3.43. The summed E-state index contributed by atoms with van der Waals surface area (Å²) in [5.74, 6) is -1.32. The van der Waals surface area contributed by atoms with E-state index in [2.05, 4.69) is 10.1 Å². The molecule has 1 aromatic carbocycles. The summed E-state index contributed by atoms with van der Waals surface area (Å²) in [6, 6.07) is 7.27. The maximum atomic E-state index is 13.2. The van der Waals surface area contributed by atoms with E-state index in [9.17, 15) is 14.4 Å². The van der Waals surface area contributed by atoms with Gasteiger partial charge in [0, 0.05) is 19.2 Å². The Labute approximate surface area is 159 Å². The molecule has 0 radical (unpaired) electrons. The average Bonchev–Trinajstić information content (AvgIpc) is 3.16. The SMILES string of the molecule is COCCN1C(=O)c2ccccc2[C@H](C(=O)NCC(=O)OC)C12CCCC2. The molecule has 1 spiro atoms. The first kappa shape index (κ1) is 19.4. The highest BCUT2D eigenvalue weighted by Gasteiger charge is 2.55. The summed E-state index contributed by atoms with van der Waals surface area (Å²) < 4.78 is 9.85. The average molecular weight is 374 g/mol. The summed E-state index contributed by atoms with van der Waals surface area (Å²) >= 11 is 0. The van der Waals surface area contributed by atoms with Gasteiger partial charge in [0.25, 0.3) is 5.91 Å². The summed E-state index contributed by atoms with van der Waals surface area (Å²) in [6.45, 7) is 0.659. The minimum Gasteiger partial charge on any atom is -0.468 e. The molecule has 1 saturated carbocycles. The maximum absolute atomic E-state index is 13.2. The number of nitrogens with zero attached hydrogens (tertiary/aromatic N) is 1. The maximum Gasteiger partial charge on any atom is 0.325 e. The van der Waals surface area contributed by atoms with Gasteiger partial charge in [0.15, 0.2) is 0 Å². The Morgan fingerprint density at radius 1 is 1.22 bits per heavy atom. The van der Waals surface area contributed by atoms with Crippen molar-refractivity contribution in [3.05, 3.63) is 35.4 Å². The lowest BCUT2D eigenvalue weighted by molar-refractivity contribution is -0.141. The lowest BCUT2D eigenvalue weighted by Crippen LogP contribution is -2.61. The van der Waals surface area contributed by atoms with Gasteiger partial charge >= 0.3 is 5.97 Å². The number of hydrogen-bond acceptors (Lipinski definition) is 5. The molecule has 0 saturated heterocycles. The summed E-state index contributed by atoms with van der Waals surface area (Å²) in [5.41, 5.74) is 0.703. The molecule has 1 heterocycles. The van der Waals surface area contributed by atoms with E-state index < -0.39 is 17.4 Å². The first-order chi connectivity index (χ1) is 13.0. The van der Waals surface area contributed by atoms with Crippen molar-refractivity contribution >= 4 is 17.8 Å². The summed E-state index contributed by atoms with van der Waals surface area (Å²) in [4.78, 5) is 39.7. The standard InChI is InChI=1S/C20H26N2O5/c1-26-12-11-22-19(25)15-8-4-3-7-14(15)17(20(22)9-5-6-10-20)18(24)21-13-16(23)27-2/h3-4,7-8,17H,5-6,9-13H2,1-2H3,(H,21,24)/t17-/m1/s1. The molecule has 3 rings (SSSR count). The minimum atomic E-state index is -0.579. The molecule has 7 nitrogen and oxygen atoms in total. The second-order valence-electron chi connectivity index (χ2n) is 7.07. The third kappa shape index (κ3) is 3.43. The van der Waals surface area contributed by atoms with Crippen molar-refractivity contribution < 1.29 is 23.9 Å². The van der Waals surface area contributed by atoms with Crippen LogP contribution in [0.25, 0.3) is 0 Å². The predicted molar refractivity (Wildman–Crippen MR) is 98.3 cm³/mol. The van der Waals surface area contributed by atoms with Crippen molar-refractivity contribution in [3.8, 4) is 0 Å². The topological polar surface area (TPSA) is 84.9 Å². The van der Waals surface area contributed by atoms with E-state index >= 15 is 0 Å². The van der Waals surface area contributed by atoms with Crippen LogP contribution in [0, 0.1) is 0 Å². The van der Waals surface area contributed by atoms with Crippen molar-refractivity contribution in [3.63, 3.8) is 0 Å². The van der Waals surface area contributed by atoms with E-state index in [0.29, 0.717) is 18.7 Å². The van der Waals surface area contributed by atoms with Gasteiger partial charge in [0.05, 0.1) is 25.2 Å². The van der Waals surface area contributed by atoms with E-state index in [1.807, 2.05) is 17.0 Å². The predicted octanol–water partition coefficient (Wildman–Crippen LogP) is 1.47. The number of esters is 1. The third-order valence-electron chi connectivity index (χ3n) is 5.71. The number of nitrogens with one attached hydrogen (secondary N) is 1. The van der Waals surface area contributed by atoms with E-state index in [1.54, 1.807) is 19.2 Å². The van der Waals surface area contributed by atoms with Gasteiger partial charge in [-0.1, -0.05) is 31.0 Å². The van der Waals surface area contributed by atoms with Gasteiger partial charge in [-0.05, 0) is 24.5 Å². The normalized spacial score (nSPS) is 20.4. The first-order valence-electron chi connectivity index (χ1n) is 9.29. The van der Waals surface area contributed by atoms with E-state index in [0.717, 1.165) is 31.2 Å². The van der Waals surface area contributed by atoms with Crippen LogP contribution in [0.5, 0.6) is 0 Å². The fourth-order valence-corrected chi connectivity index (χ4v) is 4.51. The second-order valence-corrected chi connectivity index (χ2v) is 7.07. The largest absolute Gasteiger partial charge is 0.468 e. The number of hydrogen-bond donors (Lipinski definition) is 1. The molecular formula is C20H26N2O5. The number of fused-ring (bicyclic) bond motifs is 1. The van der Waals surface area contributed by atoms with Gasteiger partial charge in [0.1, 0.15) is 6.54 Å². The number of methoxy groups -OCH3 is 2. The monoisotopic (exact) mass is 374 g/mol. The van der Waals surface area contributed by atoms with Gasteiger partial charge in [-0.25, -0.2) is 0 Å². The van der Waals surface area contributed by atoms with Gasteiger partial charge in [0.2, 0.25) is 5.91 Å². The molecule has 7 heteroatoms. The molecule has 1 fully saturated rings. The Hall–Kier alpha value is -2.41. The Balaban J connectivity index is 2.03. The van der Waals surface area contributed by atoms with Crippen molar-refractivity contribution in [2.45, 2.75) is 37.1 Å². The van der Waals surface area contributed by atoms with Crippen LogP contribution < -0.4 is 5.32 Å². The molecule has 27 heavy (non-hydrogen) atoms. The van der Waals surface area contributed by atoms with E-state index in [1.165, 1.54) is 7.11 Å².